The largest absolute Gasteiger partial charge is 4.00 e. The molecule has 0 N–H and O–H groups in total. The Balaban J connectivity index is 0.000000303. The monoisotopic (exact) mass is 586 g/mol. The molecule has 3 aromatic rings. The molecule has 2 saturated carbocycles. The minimum absolute atomic E-state index is 0. The SMILES string of the molecule is CC(C)(C)P1C(c2ccccc2)=[C-]/C1=C(\c1[c-]cccc1)c1ccccc1.[CH]1[CH][CH][CH][CH]1.[CH]1[CH][CH][CH][CH]1.[Zr+4]. The van der Waals surface area contributed by atoms with Crippen LogP contribution in [-0.2, 0) is 26.2 Å². The molecule has 2 fully saturated rings. The van der Waals surface area contributed by atoms with Crippen LogP contribution in [0.3, 0.4) is 0 Å². The molecule has 10 radical (unpaired) electrons. The fraction of sp³-hybridized carbons (Fsp3) is 0.111. The predicted octanol–water partition coefficient (Wildman–Crippen LogP) is 9.42. The summed E-state index contributed by atoms with van der Waals surface area (Å²) in [7, 11) is -0.463. The van der Waals surface area contributed by atoms with Gasteiger partial charge in [0.05, 0.1) is 0 Å². The minimum Gasteiger partial charge on any atom is -0.163 e. The molecular formula is C36H33PZr+2. The van der Waals surface area contributed by atoms with E-state index in [1.807, 2.05) is 76.3 Å². The molecule has 3 aromatic carbocycles. The molecule has 3 aliphatic rings. The van der Waals surface area contributed by atoms with Crippen molar-refractivity contribution in [2.75, 3.05) is 0 Å². The van der Waals surface area contributed by atoms with E-state index in [9.17, 15) is 0 Å². The van der Waals surface area contributed by atoms with Gasteiger partial charge in [0, 0.05) is 0 Å². The van der Waals surface area contributed by atoms with Gasteiger partial charge in [-0.15, -0.1) is 64.2 Å². The first-order valence-electron chi connectivity index (χ1n) is 12.7. The van der Waals surface area contributed by atoms with E-state index in [0.717, 1.165) is 5.56 Å². The van der Waals surface area contributed by atoms with E-state index >= 15 is 0 Å². The number of hydrogen-bond acceptors (Lipinski definition) is 0. The van der Waals surface area contributed by atoms with E-state index in [1.165, 1.54) is 27.3 Å². The third-order valence-electron chi connectivity index (χ3n) is 5.79. The summed E-state index contributed by atoms with van der Waals surface area (Å²) in [4.78, 5) is 0. The van der Waals surface area contributed by atoms with E-state index in [2.05, 4.69) is 106 Å². The van der Waals surface area contributed by atoms with Crippen molar-refractivity contribution in [3.05, 3.63) is 183 Å². The van der Waals surface area contributed by atoms with Crippen LogP contribution in [0, 0.1) is 76.4 Å². The third kappa shape index (κ3) is 8.73. The molecule has 0 amide bonds. The zero-order valence-corrected chi connectivity index (χ0v) is 25.7. The van der Waals surface area contributed by atoms with Crippen LogP contribution in [0.2, 0.25) is 0 Å². The summed E-state index contributed by atoms with van der Waals surface area (Å²) in [6.07, 6.45) is 23.8. The normalized spacial score (nSPS) is 19.4. The summed E-state index contributed by atoms with van der Waals surface area (Å²) in [5, 5.41) is 2.90. The molecule has 1 aliphatic heterocycles. The molecule has 1 heterocycles. The van der Waals surface area contributed by atoms with Crippen LogP contribution >= 0.6 is 7.92 Å². The number of hydrogen-bond donors (Lipinski definition) is 0. The Morgan fingerprint density at radius 2 is 1.08 bits per heavy atom. The summed E-state index contributed by atoms with van der Waals surface area (Å²) in [5.41, 5.74) is 4.96. The molecule has 0 aromatic heterocycles. The molecule has 0 spiro atoms. The first kappa shape index (κ1) is 31.0. The maximum Gasteiger partial charge on any atom is 4.00 e. The van der Waals surface area contributed by atoms with Crippen molar-refractivity contribution >= 4 is 18.8 Å². The first-order valence-corrected chi connectivity index (χ1v) is 14.0. The molecular weight excluding hydrogens is 555 g/mol. The van der Waals surface area contributed by atoms with Gasteiger partial charge < -0.3 is 0 Å². The second kappa shape index (κ2) is 15.9. The van der Waals surface area contributed by atoms with Crippen molar-refractivity contribution in [1.82, 2.24) is 0 Å². The Labute approximate surface area is 252 Å². The van der Waals surface area contributed by atoms with Gasteiger partial charge in [-0.05, 0) is 69.4 Å². The number of allylic oxidation sites excluding steroid dienone is 2. The molecule has 0 saturated heterocycles. The molecule has 0 nitrogen and oxygen atoms in total. The predicted molar refractivity (Wildman–Crippen MR) is 161 cm³/mol. The Kier molecular flexibility index (Phi) is 13.0. The maximum absolute atomic E-state index is 3.75. The third-order valence-corrected chi connectivity index (χ3v) is 8.73. The molecule has 1 atom stereocenters. The van der Waals surface area contributed by atoms with E-state index in [0.29, 0.717) is 0 Å². The van der Waals surface area contributed by atoms with Gasteiger partial charge in [0.1, 0.15) is 0 Å². The van der Waals surface area contributed by atoms with Gasteiger partial charge in [-0.2, -0.15) is 6.08 Å². The van der Waals surface area contributed by atoms with Gasteiger partial charge in [-0.25, -0.2) is 0 Å². The second-order valence-electron chi connectivity index (χ2n) is 9.64. The van der Waals surface area contributed by atoms with Gasteiger partial charge in [0.15, 0.2) is 0 Å². The minimum atomic E-state index is -0.463. The van der Waals surface area contributed by atoms with Crippen LogP contribution in [0.1, 0.15) is 37.5 Å². The number of benzene rings is 3. The van der Waals surface area contributed by atoms with Crippen molar-refractivity contribution < 1.29 is 26.2 Å². The van der Waals surface area contributed by atoms with Crippen LogP contribution in [-0.4, -0.2) is 5.16 Å². The molecule has 2 heteroatoms. The van der Waals surface area contributed by atoms with Crippen molar-refractivity contribution in [3.63, 3.8) is 0 Å². The van der Waals surface area contributed by atoms with Gasteiger partial charge in [0.25, 0.3) is 0 Å². The van der Waals surface area contributed by atoms with Crippen molar-refractivity contribution in [1.29, 1.82) is 0 Å². The van der Waals surface area contributed by atoms with E-state index in [4.69, 9.17) is 0 Å². The molecule has 6 rings (SSSR count). The topological polar surface area (TPSA) is 0 Å². The molecule has 2 aliphatic carbocycles. The Morgan fingerprint density at radius 3 is 1.53 bits per heavy atom. The fourth-order valence-electron chi connectivity index (χ4n) is 4.14. The summed E-state index contributed by atoms with van der Waals surface area (Å²) < 4.78 is 0. The van der Waals surface area contributed by atoms with E-state index in [1.54, 1.807) is 0 Å². The Morgan fingerprint density at radius 1 is 0.605 bits per heavy atom. The Hall–Kier alpha value is -1.55. The van der Waals surface area contributed by atoms with E-state index < -0.39 is 7.92 Å². The average Bonchev–Trinajstić information content (AvgIpc) is 3.67. The molecule has 38 heavy (non-hydrogen) atoms. The van der Waals surface area contributed by atoms with Gasteiger partial charge >= 0.3 is 26.2 Å². The average molecular weight is 588 g/mol. The number of rotatable bonds is 3. The second-order valence-corrected chi connectivity index (χ2v) is 12.5. The van der Waals surface area contributed by atoms with Gasteiger partial charge in [0.2, 0.25) is 0 Å². The zero-order valence-electron chi connectivity index (χ0n) is 22.3. The van der Waals surface area contributed by atoms with Crippen LogP contribution in [0.5, 0.6) is 0 Å². The zero-order chi connectivity index (χ0) is 25.9. The summed E-state index contributed by atoms with van der Waals surface area (Å²) in [6, 6.07) is 33.1. The van der Waals surface area contributed by atoms with Crippen molar-refractivity contribution in [2.45, 2.75) is 25.9 Å². The summed E-state index contributed by atoms with van der Waals surface area (Å²) >= 11 is 0. The van der Waals surface area contributed by atoms with Gasteiger partial charge in [-0.1, -0.05) is 88.4 Å². The summed E-state index contributed by atoms with van der Waals surface area (Å²) in [5.74, 6) is 0. The van der Waals surface area contributed by atoms with Crippen molar-refractivity contribution in [3.8, 4) is 0 Å². The van der Waals surface area contributed by atoms with Crippen LogP contribution in [0.4, 0.5) is 0 Å². The quantitative estimate of drug-likeness (QED) is 0.212. The molecule has 0 bridgehead atoms. The fourth-order valence-corrected chi connectivity index (χ4v) is 6.87. The molecule has 184 valence electrons. The van der Waals surface area contributed by atoms with E-state index in [-0.39, 0.29) is 31.4 Å². The Bertz CT molecular complexity index is 1070. The van der Waals surface area contributed by atoms with Gasteiger partial charge in [-0.3, -0.25) is 0 Å². The van der Waals surface area contributed by atoms with Crippen molar-refractivity contribution in [2.24, 2.45) is 0 Å². The smallest absolute Gasteiger partial charge is 0.163 e. The van der Waals surface area contributed by atoms with Crippen LogP contribution in [0.15, 0.2) is 90.2 Å². The standard InChI is InChI=1S/C26H23P.2C5H5.Zr/c1-26(2,3)27-23(20-13-7-4-8-14-20)19-24(27)25(21-15-9-5-10-16-21)22-17-11-6-12-18-22;2*1-2-4-5-3-1;/h4-17H,1-3H3;2*1-5H;/q-2;;;+4/b25-24+;;;. The van der Waals surface area contributed by atoms with Crippen LogP contribution in [0.25, 0.3) is 10.9 Å². The first-order chi connectivity index (χ1) is 18.1. The maximum atomic E-state index is 3.75. The summed E-state index contributed by atoms with van der Waals surface area (Å²) in [6.45, 7) is 7.04. The molecule has 1 unspecified atom stereocenters. The van der Waals surface area contributed by atoms with Crippen LogP contribution < -0.4 is 0 Å².